The van der Waals surface area contributed by atoms with Crippen molar-refractivity contribution in [1.82, 2.24) is 14.5 Å². The van der Waals surface area contributed by atoms with E-state index in [1.807, 2.05) is 17.6 Å². The van der Waals surface area contributed by atoms with E-state index in [2.05, 4.69) is 4.98 Å². The first kappa shape index (κ1) is 17.7. The van der Waals surface area contributed by atoms with E-state index in [0.717, 1.165) is 23.5 Å². The Kier molecular flexibility index (Phi) is 4.99. The Morgan fingerprint density at radius 3 is 2.84 bits per heavy atom. The van der Waals surface area contributed by atoms with Crippen LogP contribution in [0.2, 0.25) is 5.15 Å². The summed E-state index contributed by atoms with van der Waals surface area (Å²) in [5.41, 5.74) is 2.19. The summed E-state index contributed by atoms with van der Waals surface area (Å²) in [5.74, 6) is 0.629. The molecule has 1 unspecified atom stereocenters. The van der Waals surface area contributed by atoms with E-state index >= 15 is 0 Å². The van der Waals surface area contributed by atoms with Gasteiger partial charge < -0.3 is 9.67 Å². The van der Waals surface area contributed by atoms with Gasteiger partial charge in [-0.15, -0.1) is 0 Å². The monoisotopic (exact) mass is 365 g/mol. The van der Waals surface area contributed by atoms with Crippen LogP contribution < -0.4 is 0 Å². The number of hydrogen-bond acceptors (Lipinski definition) is 2. The van der Waals surface area contributed by atoms with E-state index < -0.39 is 6.09 Å². The van der Waals surface area contributed by atoms with E-state index in [-0.39, 0.29) is 11.9 Å². The van der Waals surface area contributed by atoms with Crippen molar-refractivity contribution in [2.45, 2.75) is 45.7 Å². The Labute approximate surface area is 151 Å². The molecule has 0 saturated heterocycles. The molecule has 0 radical (unpaired) electrons. The Hall–Kier alpha value is -2.08. The molecule has 1 atom stereocenters. The van der Waals surface area contributed by atoms with E-state index in [0.29, 0.717) is 36.6 Å². The molecule has 1 aromatic heterocycles. The first-order chi connectivity index (χ1) is 11.9. The molecule has 1 aliphatic heterocycles. The maximum atomic E-state index is 13.8. The molecule has 0 saturated carbocycles. The van der Waals surface area contributed by atoms with Crippen molar-refractivity contribution >= 4 is 17.7 Å². The largest absolute Gasteiger partial charge is 0.465 e. The molecule has 134 valence electrons. The summed E-state index contributed by atoms with van der Waals surface area (Å²) in [4.78, 5) is 17.5. The quantitative estimate of drug-likeness (QED) is 0.882. The Morgan fingerprint density at radius 2 is 2.20 bits per heavy atom. The Balaban J connectivity index is 1.90. The summed E-state index contributed by atoms with van der Waals surface area (Å²) in [6, 6.07) is 4.76. The van der Waals surface area contributed by atoms with Crippen LogP contribution in [0, 0.1) is 12.7 Å². The summed E-state index contributed by atoms with van der Waals surface area (Å²) < 4.78 is 15.8. The number of fused-ring (bicyclic) bond motifs is 1. The van der Waals surface area contributed by atoms with Gasteiger partial charge in [-0.2, -0.15) is 0 Å². The zero-order chi connectivity index (χ0) is 18.1. The smallest absolute Gasteiger partial charge is 0.407 e. The lowest BCUT2D eigenvalue weighted by atomic mass is 9.99. The minimum atomic E-state index is -0.971. The standard InChI is InChI=1S/C18H21ClFN3O2/c1-3-15-21-17(19)16-14(22(18(24)25)8-9-23(15)16)7-6-12-5-4-11(2)13(20)10-12/h4-5,10,14H,3,6-9H2,1-2H3,(H,24,25). The van der Waals surface area contributed by atoms with Gasteiger partial charge >= 0.3 is 6.09 Å². The highest BCUT2D eigenvalue weighted by Gasteiger charge is 2.34. The average Bonchev–Trinajstić information content (AvgIpc) is 2.92. The van der Waals surface area contributed by atoms with Crippen LogP contribution in [0.3, 0.4) is 0 Å². The SMILES string of the molecule is CCc1nc(Cl)c2n1CCN(C(=O)O)C2CCc1ccc(C)c(F)c1. The summed E-state index contributed by atoms with van der Waals surface area (Å²) >= 11 is 6.32. The number of carboxylic acid groups (broad SMARTS) is 1. The molecule has 25 heavy (non-hydrogen) atoms. The first-order valence-corrected chi connectivity index (χ1v) is 8.79. The minimum Gasteiger partial charge on any atom is -0.465 e. The number of halogens is 2. The second kappa shape index (κ2) is 7.04. The lowest BCUT2D eigenvalue weighted by Gasteiger charge is -2.35. The third kappa shape index (κ3) is 3.35. The fourth-order valence-corrected chi connectivity index (χ4v) is 3.77. The summed E-state index contributed by atoms with van der Waals surface area (Å²) in [6.07, 6.45) is 0.863. The van der Waals surface area contributed by atoms with E-state index in [9.17, 15) is 14.3 Å². The normalized spacial score (nSPS) is 16.8. The van der Waals surface area contributed by atoms with Crippen LogP contribution in [0.5, 0.6) is 0 Å². The molecule has 1 amide bonds. The van der Waals surface area contributed by atoms with E-state index in [1.54, 1.807) is 13.0 Å². The van der Waals surface area contributed by atoms with Gasteiger partial charge in [-0.05, 0) is 37.0 Å². The topological polar surface area (TPSA) is 58.4 Å². The fraction of sp³-hybridized carbons (Fsp3) is 0.444. The predicted octanol–water partition coefficient (Wildman–Crippen LogP) is 4.21. The number of amides is 1. The van der Waals surface area contributed by atoms with Gasteiger partial charge in [0, 0.05) is 19.5 Å². The van der Waals surface area contributed by atoms with Gasteiger partial charge in [-0.25, -0.2) is 14.2 Å². The highest BCUT2D eigenvalue weighted by Crippen LogP contribution is 2.35. The molecule has 0 spiro atoms. The second-order valence-corrected chi connectivity index (χ2v) is 6.68. The molecule has 0 bridgehead atoms. The lowest BCUT2D eigenvalue weighted by molar-refractivity contribution is 0.106. The zero-order valence-electron chi connectivity index (χ0n) is 14.3. The number of aryl methyl sites for hydroxylation is 3. The number of hydrogen-bond donors (Lipinski definition) is 1. The van der Waals surface area contributed by atoms with Crippen molar-refractivity contribution in [3.8, 4) is 0 Å². The van der Waals surface area contributed by atoms with Crippen molar-refractivity contribution < 1.29 is 14.3 Å². The molecule has 1 N–H and O–H groups in total. The van der Waals surface area contributed by atoms with E-state index in [1.165, 1.54) is 11.0 Å². The summed E-state index contributed by atoms with van der Waals surface area (Å²) in [6.45, 7) is 4.67. The molecule has 2 heterocycles. The van der Waals surface area contributed by atoms with Crippen molar-refractivity contribution in [2.75, 3.05) is 6.54 Å². The van der Waals surface area contributed by atoms with Crippen LogP contribution in [0.15, 0.2) is 18.2 Å². The molecule has 2 aromatic rings. The van der Waals surface area contributed by atoms with Gasteiger partial charge in [0.2, 0.25) is 0 Å². The maximum Gasteiger partial charge on any atom is 0.407 e. The van der Waals surface area contributed by atoms with Crippen LogP contribution in [-0.4, -0.2) is 32.2 Å². The first-order valence-electron chi connectivity index (χ1n) is 8.41. The second-order valence-electron chi connectivity index (χ2n) is 6.32. The van der Waals surface area contributed by atoms with Gasteiger partial charge in [0.05, 0.1) is 11.7 Å². The van der Waals surface area contributed by atoms with Crippen LogP contribution in [0.1, 0.15) is 42.0 Å². The number of nitrogens with zero attached hydrogens (tertiary/aromatic N) is 3. The van der Waals surface area contributed by atoms with E-state index in [4.69, 9.17) is 11.6 Å². The third-order valence-corrected chi connectivity index (χ3v) is 5.08. The zero-order valence-corrected chi connectivity index (χ0v) is 15.1. The maximum absolute atomic E-state index is 13.8. The van der Waals surface area contributed by atoms with Gasteiger partial charge in [-0.3, -0.25) is 4.90 Å². The average molecular weight is 366 g/mol. The van der Waals surface area contributed by atoms with Gasteiger partial charge in [-0.1, -0.05) is 30.7 Å². The number of benzene rings is 1. The van der Waals surface area contributed by atoms with Crippen molar-refractivity contribution in [3.63, 3.8) is 0 Å². The number of aromatic nitrogens is 2. The molecular weight excluding hydrogens is 345 g/mol. The number of imidazole rings is 1. The van der Waals surface area contributed by atoms with Crippen LogP contribution in [0.4, 0.5) is 9.18 Å². The van der Waals surface area contributed by atoms with Gasteiger partial charge in [0.15, 0.2) is 5.15 Å². The molecular formula is C18H21ClFN3O2. The molecule has 5 nitrogen and oxygen atoms in total. The third-order valence-electron chi connectivity index (χ3n) is 4.80. The van der Waals surface area contributed by atoms with Crippen molar-refractivity contribution in [1.29, 1.82) is 0 Å². The molecule has 0 aliphatic carbocycles. The van der Waals surface area contributed by atoms with Crippen LogP contribution in [-0.2, 0) is 19.4 Å². The summed E-state index contributed by atoms with van der Waals surface area (Å²) in [5, 5.41) is 9.92. The molecule has 1 aliphatic rings. The highest BCUT2D eigenvalue weighted by molar-refractivity contribution is 6.30. The van der Waals surface area contributed by atoms with Crippen molar-refractivity contribution in [3.05, 3.63) is 51.8 Å². The molecule has 3 rings (SSSR count). The Bertz CT molecular complexity index is 806. The van der Waals surface area contributed by atoms with Crippen LogP contribution >= 0.6 is 11.6 Å². The Morgan fingerprint density at radius 1 is 1.44 bits per heavy atom. The van der Waals surface area contributed by atoms with Crippen LogP contribution in [0.25, 0.3) is 0 Å². The summed E-state index contributed by atoms with van der Waals surface area (Å²) in [7, 11) is 0. The number of carbonyl (C=O) groups is 1. The molecule has 0 fully saturated rings. The van der Waals surface area contributed by atoms with Gasteiger partial charge in [0.1, 0.15) is 11.6 Å². The minimum absolute atomic E-state index is 0.243. The number of rotatable bonds is 4. The van der Waals surface area contributed by atoms with Gasteiger partial charge in [0.25, 0.3) is 0 Å². The lowest BCUT2D eigenvalue weighted by Crippen LogP contribution is -2.42. The van der Waals surface area contributed by atoms with Crippen molar-refractivity contribution in [2.24, 2.45) is 0 Å². The fourth-order valence-electron chi connectivity index (χ4n) is 3.45. The predicted molar refractivity (Wildman–Crippen MR) is 93.5 cm³/mol. The highest BCUT2D eigenvalue weighted by atomic mass is 35.5. The molecule has 7 heteroatoms. The molecule has 1 aromatic carbocycles.